The first-order chi connectivity index (χ1) is 5.25. The highest BCUT2D eigenvalue weighted by molar-refractivity contribution is 5.23. The van der Waals surface area contributed by atoms with Gasteiger partial charge in [0.15, 0.2) is 11.6 Å². The van der Waals surface area contributed by atoms with E-state index < -0.39 is 11.6 Å². The molecule has 11 heavy (non-hydrogen) atoms. The molecule has 0 amide bonds. The van der Waals surface area contributed by atoms with Crippen molar-refractivity contribution < 1.29 is 13.5 Å². The van der Waals surface area contributed by atoms with E-state index in [4.69, 9.17) is 0 Å². The average Bonchev–Trinajstić information content (AvgIpc) is 1.99. The first kappa shape index (κ1) is 8.14. The second-order valence-corrected chi connectivity index (χ2v) is 2.00. The largest absolute Gasteiger partial charge is 0.374 e. The van der Waals surface area contributed by atoms with Gasteiger partial charge in [-0.05, 0) is 6.07 Å². The molecule has 0 aromatic heterocycles. The first-order valence-electron chi connectivity index (χ1n) is 3.05. The van der Waals surface area contributed by atoms with Crippen LogP contribution in [0.25, 0.3) is 0 Å². The Labute approximate surface area is 63.6 Å². The Morgan fingerprint density at radius 1 is 1.36 bits per heavy atom. The zero-order valence-corrected chi connectivity index (χ0v) is 5.97. The van der Waals surface area contributed by atoms with Gasteiger partial charge >= 0.3 is 0 Å². The zero-order valence-electron chi connectivity index (χ0n) is 5.97. The van der Waals surface area contributed by atoms with Gasteiger partial charge in [0.2, 0.25) is 0 Å². The van der Waals surface area contributed by atoms with Crippen LogP contribution in [0.3, 0.4) is 0 Å². The molecule has 0 aliphatic rings. The molecule has 0 aliphatic heterocycles. The average molecular weight is 157 g/mol. The summed E-state index contributed by atoms with van der Waals surface area (Å²) < 4.78 is 29.7. The SMILES string of the molecule is CO[CH]c1cccc(F)c1F. The van der Waals surface area contributed by atoms with Crippen molar-refractivity contribution in [3.05, 3.63) is 42.0 Å². The summed E-state index contributed by atoms with van der Waals surface area (Å²) in [5.74, 6) is -1.75. The van der Waals surface area contributed by atoms with Gasteiger partial charge in [-0.15, -0.1) is 0 Å². The second-order valence-electron chi connectivity index (χ2n) is 2.00. The molecule has 3 heteroatoms. The summed E-state index contributed by atoms with van der Waals surface area (Å²) in [6, 6.07) is 3.91. The molecule has 1 rings (SSSR count). The number of hydrogen-bond donors (Lipinski definition) is 0. The number of benzene rings is 1. The second kappa shape index (κ2) is 3.44. The van der Waals surface area contributed by atoms with Gasteiger partial charge in [0.05, 0.1) is 0 Å². The van der Waals surface area contributed by atoms with E-state index in [1.165, 1.54) is 19.2 Å². The van der Waals surface area contributed by atoms with Gasteiger partial charge in [0.1, 0.15) is 6.61 Å². The van der Waals surface area contributed by atoms with Crippen molar-refractivity contribution in [1.82, 2.24) is 0 Å². The minimum atomic E-state index is -0.880. The van der Waals surface area contributed by atoms with Crippen molar-refractivity contribution in [2.45, 2.75) is 0 Å². The standard InChI is InChI=1S/C8H7F2O/c1-11-5-6-3-2-4-7(9)8(6)10/h2-5H,1H3. The van der Waals surface area contributed by atoms with Crippen LogP contribution in [-0.4, -0.2) is 7.11 Å². The molecule has 0 atom stereocenters. The van der Waals surface area contributed by atoms with E-state index in [1.54, 1.807) is 0 Å². The van der Waals surface area contributed by atoms with Crippen molar-refractivity contribution >= 4 is 0 Å². The maximum Gasteiger partial charge on any atom is 0.164 e. The lowest BCUT2D eigenvalue weighted by Gasteiger charge is -1.99. The van der Waals surface area contributed by atoms with E-state index in [0.717, 1.165) is 12.7 Å². The van der Waals surface area contributed by atoms with E-state index in [0.29, 0.717) is 0 Å². The fourth-order valence-electron chi connectivity index (χ4n) is 0.738. The van der Waals surface area contributed by atoms with Crippen LogP contribution in [0.1, 0.15) is 5.56 Å². The van der Waals surface area contributed by atoms with E-state index in [-0.39, 0.29) is 5.56 Å². The summed E-state index contributed by atoms with van der Waals surface area (Å²) in [6.07, 6.45) is 0. The number of hydrogen-bond acceptors (Lipinski definition) is 1. The zero-order chi connectivity index (χ0) is 8.27. The van der Waals surface area contributed by atoms with Crippen LogP contribution in [0.5, 0.6) is 0 Å². The summed E-state index contributed by atoms with van der Waals surface area (Å²) in [6.45, 7) is 1.15. The van der Waals surface area contributed by atoms with Crippen LogP contribution in [0.4, 0.5) is 8.78 Å². The monoisotopic (exact) mass is 157 g/mol. The third-order valence-corrected chi connectivity index (χ3v) is 1.23. The van der Waals surface area contributed by atoms with Gasteiger partial charge in [0, 0.05) is 12.7 Å². The third-order valence-electron chi connectivity index (χ3n) is 1.23. The number of halogens is 2. The lowest BCUT2D eigenvalue weighted by molar-refractivity contribution is 0.288. The van der Waals surface area contributed by atoms with Gasteiger partial charge < -0.3 is 4.74 Å². The molecule has 59 valence electrons. The quantitative estimate of drug-likeness (QED) is 0.638. The Kier molecular flexibility index (Phi) is 2.54. The summed E-state index contributed by atoms with van der Waals surface area (Å²) in [5, 5.41) is 0. The molecular formula is C8H7F2O. The van der Waals surface area contributed by atoms with E-state index >= 15 is 0 Å². The number of methoxy groups -OCH3 is 1. The van der Waals surface area contributed by atoms with E-state index in [2.05, 4.69) is 4.74 Å². The van der Waals surface area contributed by atoms with Gasteiger partial charge in [-0.3, -0.25) is 0 Å². The summed E-state index contributed by atoms with van der Waals surface area (Å²) >= 11 is 0. The highest BCUT2D eigenvalue weighted by Gasteiger charge is 2.06. The Morgan fingerprint density at radius 3 is 2.73 bits per heavy atom. The van der Waals surface area contributed by atoms with Crippen molar-refractivity contribution in [1.29, 1.82) is 0 Å². The molecule has 0 saturated heterocycles. The Hall–Kier alpha value is -0.960. The van der Waals surface area contributed by atoms with Crippen LogP contribution >= 0.6 is 0 Å². The summed E-state index contributed by atoms with van der Waals surface area (Å²) in [7, 11) is 1.38. The molecule has 0 bridgehead atoms. The molecule has 0 spiro atoms. The molecule has 1 nitrogen and oxygen atoms in total. The third kappa shape index (κ3) is 1.74. The maximum absolute atomic E-state index is 12.7. The number of rotatable bonds is 2. The highest BCUT2D eigenvalue weighted by atomic mass is 19.2. The fraction of sp³-hybridized carbons (Fsp3) is 0.125. The predicted molar refractivity (Wildman–Crippen MR) is 36.8 cm³/mol. The van der Waals surface area contributed by atoms with Crippen molar-refractivity contribution in [2.75, 3.05) is 7.11 Å². The van der Waals surface area contributed by atoms with Gasteiger partial charge in [-0.25, -0.2) is 8.78 Å². The normalized spacial score (nSPS) is 10.1. The minimum absolute atomic E-state index is 0.118. The lowest BCUT2D eigenvalue weighted by Crippen LogP contribution is -1.92. The summed E-state index contributed by atoms with van der Waals surface area (Å²) in [5.41, 5.74) is 0.118. The Bertz CT molecular complexity index is 248. The van der Waals surface area contributed by atoms with Crippen LogP contribution in [0.2, 0.25) is 0 Å². The smallest absolute Gasteiger partial charge is 0.164 e. The predicted octanol–water partition coefficient (Wildman–Crippen LogP) is 2.12. The van der Waals surface area contributed by atoms with Crippen molar-refractivity contribution in [2.24, 2.45) is 0 Å². The van der Waals surface area contributed by atoms with Crippen LogP contribution in [0.15, 0.2) is 18.2 Å². The van der Waals surface area contributed by atoms with Crippen LogP contribution in [-0.2, 0) is 4.74 Å². The molecule has 0 unspecified atom stereocenters. The molecule has 0 saturated carbocycles. The topological polar surface area (TPSA) is 9.23 Å². The fourth-order valence-corrected chi connectivity index (χ4v) is 0.738. The highest BCUT2D eigenvalue weighted by Crippen LogP contribution is 2.12. The molecule has 0 heterocycles. The van der Waals surface area contributed by atoms with E-state index in [1.807, 2.05) is 0 Å². The Balaban J connectivity index is 2.96. The molecule has 1 aromatic rings. The van der Waals surface area contributed by atoms with Crippen molar-refractivity contribution in [3.8, 4) is 0 Å². The van der Waals surface area contributed by atoms with Gasteiger partial charge in [-0.1, -0.05) is 12.1 Å². The lowest BCUT2D eigenvalue weighted by atomic mass is 10.2. The van der Waals surface area contributed by atoms with Gasteiger partial charge in [0.25, 0.3) is 0 Å². The minimum Gasteiger partial charge on any atom is -0.374 e. The molecular weight excluding hydrogens is 150 g/mol. The van der Waals surface area contributed by atoms with Gasteiger partial charge in [-0.2, -0.15) is 0 Å². The molecule has 0 N–H and O–H groups in total. The first-order valence-corrected chi connectivity index (χ1v) is 3.05. The Morgan fingerprint density at radius 2 is 2.09 bits per heavy atom. The summed E-state index contributed by atoms with van der Waals surface area (Å²) in [4.78, 5) is 0. The molecule has 0 aliphatic carbocycles. The van der Waals surface area contributed by atoms with Crippen LogP contribution < -0.4 is 0 Å². The van der Waals surface area contributed by atoms with Crippen LogP contribution in [0, 0.1) is 18.2 Å². The molecule has 1 radical (unpaired) electrons. The van der Waals surface area contributed by atoms with Crippen molar-refractivity contribution in [3.63, 3.8) is 0 Å². The number of ether oxygens (including phenoxy) is 1. The maximum atomic E-state index is 12.7. The molecule has 1 aromatic carbocycles. The molecule has 0 fully saturated rings. The van der Waals surface area contributed by atoms with E-state index in [9.17, 15) is 8.78 Å².